The van der Waals surface area contributed by atoms with E-state index in [4.69, 9.17) is 4.74 Å². The first kappa shape index (κ1) is 15.8. The highest BCUT2D eigenvalue weighted by molar-refractivity contribution is 5.77. The number of hydrogen-bond donors (Lipinski definition) is 1. The van der Waals surface area contributed by atoms with E-state index in [0.717, 1.165) is 49.5 Å². The molecule has 0 saturated carbocycles. The van der Waals surface area contributed by atoms with Crippen molar-refractivity contribution in [1.29, 1.82) is 0 Å². The molecular formula is C15H26N4O2. The van der Waals surface area contributed by atoms with Crippen LogP contribution in [0.4, 0.5) is 0 Å². The molecule has 6 heteroatoms. The molecule has 1 aromatic rings. The van der Waals surface area contributed by atoms with Gasteiger partial charge in [-0.2, -0.15) is 5.10 Å². The molecule has 1 amide bonds. The Balaban J connectivity index is 1.91. The van der Waals surface area contributed by atoms with E-state index in [1.807, 2.05) is 32.8 Å². The SMILES string of the molecule is Cc1nn(C)c(C)c1OCC(=O)N(C)C1CCCNCC1. The molecular weight excluding hydrogens is 268 g/mol. The summed E-state index contributed by atoms with van der Waals surface area (Å²) in [6.07, 6.45) is 3.18. The predicted molar refractivity (Wildman–Crippen MR) is 81.5 cm³/mol. The number of amides is 1. The summed E-state index contributed by atoms with van der Waals surface area (Å²) < 4.78 is 7.48. The quantitative estimate of drug-likeness (QED) is 0.900. The highest BCUT2D eigenvalue weighted by atomic mass is 16.5. The summed E-state index contributed by atoms with van der Waals surface area (Å²) in [7, 11) is 3.76. The molecule has 1 aliphatic heterocycles. The maximum absolute atomic E-state index is 12.3. The van der Waals surface area contributed by atoms with Crippen molar-refractivity contribution >= 4 is 5.91 Å². The molecule has 1 aliphatic rings. The molecule has 1 saturated heterocycles. The number of nitrogens with zero attached hydrogens (tertiary/aromatic N) is 3. The van der Waals surface area contributed by atoms with E-state index in [0.29, 0.717) is 6.04 Å². The van der Waals surface area contributed by atoms with Gasteiger partial charge in [0.15, 0.2) is 12.4 Å². The second kappa shape index (κ2) is 6.93. The van der Waals surface area contributed by atoms with Crippen LogP contribution in [0.25, 0.3) is 0 Å². The number of ether oxygens (including phenoxy) is 1. The molecule has 1 unspecified atom stereocenters. The Morgan fingerprint density at radius 1 is 1.43 bits per heavy atom. The molecule has 1 aromatic heterocycles. The minimum Gasteiger partial charge on any atom is -0.480 e. The molecule has 1 atom stereocenters. The van der Waals surface area contributed by atoms with Crippen molar-refractivity contribution in [3.63, 3.8) is 0 Å². The van der Waals surface area contributed by atoms with Crippen LogP contribution in [0.15, 0.2) is 0 Å². The number of likely N-dealkylation sites (N-methyl/N-ethyl adjacent to an activating group) is 1. The smallest absolute Gasteiger partial charge is 0.260 e. The fraction of sp³-hybridized carbons (Fsp3) is 0.733. The van der Waals surface area contributed by atoms with Gasteiger partial charge in [0.25, 0.3) is 5.91 Å². The Bertz CT molecular complexity index is 490. The first-order valence-corrected chi connectivity index (χ1v) is 7.60. The molecule has 0 radical (unpaired) electrons. The molecule has 1 N–H and O–H groups in total. The van der Waals surface area contributed by atoms with E-state index < -0.39 is 0 Å². The minimum absolute atomic E-state index is 0.0320. The van der Waals surface area contributed by atoms with E-state index in [1.165, 1.54) is 0 Å². The van der Waals surface area contributed by atoms with E-state index in [-0.39, 0.29) is 12.5 Å². The van der Waals surface area contributed by atoms with E-state index in [9.17, 15) is 4.79 Å². The van der Waals surface area contributed by atoms with Gasteiger partial charge in [0.1, 0.15) is 5.69 Å². The second-order valence-electron chi connectivity index (χ2n) is 5.75. The molecule has 0 spiro atoms. The van der Waals surface area contributed by atoms with E-state index >= 15 is 0 Å². The maximum Gasteiger partial charge on any atom is 0.260 e. The topological polar surface area (TPSA) is 59.4 Å². The first-order chi connectivity index (χ1) is 10.0. The Hall–Kier alpha value is -1.56. The third-order valence-electron chi connectivity index (χ3n) is 4.27. The zero-order chi connectivity index (χ0) is 15.4. The summed E-state index contributed by atoms with van der Waals surface area (Å²) in [5.74, 6) is 0.756. The van der Waals surface area contributed by atoms with Gasteiger partial charge in [0.2, 0.25) is 0 Å². The average Bonchev–Trinajstić information content (AvgIpc) is 2.69. The largest absolute Gasteiger partial charge is 0.480 e. The number of carbonyl (C=O) groups is 1. The first-order valence-electron chi connectivity index (χ1n) is 7.60. The van der Waals surface area contributed by atoms with Crippen molar-refractivity contribution in [2.24, 2.45) is 7.05 Å². The normalized spacial score (nSPS) is 19.1. The maximum atomic E-state index is 12.3. The lowest BCUT2D eigenvalue weighted by molar-refractivity contribution is -0.134. The van der Waals surface area contributed by atoms with Crippen LogP contribution in [0.3, 0.4) is 0 Å². The van der Waals surface area contributed by atoms with Gasteiger partial charge < -0.3 is 15.0 Å². The van der Waals surface area contributed by atoms with Crippen LogP contribution in [0.5, 0.6) is 5.75 Å². The number of aromatic nitrogens is 2. The van der Waals surface area contributed by atoms with Gasteiger partial charge in [-0.1, -0.05) is 0 Å². The zero-order valence-electron chi connectivity index (χ0n) is 13.5. The molecule has 118 valence electrons. The monoisotopic (exact) mass is 294 g/mol. The minimum atomic E-state index is 0.0320. The fourth-order valence-corrected chi connectivity index (χ4v) is 2.79. The number of nitrogens with one attached hydrogen (secondary N) is 1. The summed E-state index contributed by atoms with van der Waals surface area (Å²) in [6, 6.07) is 0.312. The van der Waals surface area contributed by atoms with Crippen molar-refractivity contribution < 1.29 is 9.53 Å². The van der Waals surface area contributed by atoms with Crippen molar-refractivity contribution in [3.8, 4) is 5.75 Å². The van der Waals surface area contributed by atoms with Crippen LogP contribution in [0.2, 0.25) is 0 Å². The Morgan fingerprint density at radius 2 is 2.19 bits per heavy atom. The second-order valence-corrected chi connectivity index (χ2v) is 5.75. The molecule has 21 heavy (non-hydrogen) atoms. The molecule has 0 aliphatic carbocycles. The van der Waals surface area contributed by atoms with Gasteiger partial charge in [-0.05, 0) is 46.2 Å². The third kappa shape index (κ3) is 3.75. The Morgan fingerprint density at radius 3 is 2.86 bits per heavy atom. The summed E-state index contributed by atoms with van der Waals surface area (Å²) in [4.78, 5) is 14.2. The van der Waals surface area contributed by atoms with Gasteiger partial charge in [0, 0.05) is 20.1 Å². The lowest BCUT2D eigenvalue weighted by Gasteiger charge is -2.27. The highest BCUT2D eigenvalue weighted by Crippen LogP contribution is 2.21. The van der Waals surface area contributed by atoms with E-state index in [2.05, 4.69) is 10.4 Å². The summed E-state index contributed by atoms with van der Waals surface area (Å²) >= 11 is 0. The molecule has 1 fully saturated rings. The number of carbonyl (C=O) groups excluding carboxylic acids is 1. The Labute approximate surface area is 126 Å². The number of hydrogen-bond acceptors (Lipinski definition) is 4. The molecule has 6 nitrogen and oxygen atoms in total. The molecule has 0 bridgehead atoms. The van der Waals surface area contributed by atoms with Gasteiger partial charge in [-0.3, -0.25) is 9.48 Å². The standard InChI is InChI=1S/C15H26N4O2/c1-11-15(12(2)19(4)17-11)21-10-14(20)18(3)13-6-5-8-16-9-7-13/h13,16H,5-10H2,1-4H3. The third-order valence-corrected chi connectivity index (χ3v) is 4.27. The summed E-state index contributed by atoms with van der Waals surface area (Å²) in [5, 5.41) is 7.66. The van der Waals surface area contributed by atoms with Crippen LogP contribution in [-0.4, -0.2) is 53.4 Å². The van der Waals surface area contributed by atoms with Gasteiger partial charge >= 0.3 is 0 Å². The van der Waals surface area contributed by atoms with Crippen molar-refractivity contribution in [3.05, 3.63) is 11.4 Å². The molecule has 2 rings (SSSR count). The summed E-state index contributed by atoms with van der Waals surface area (Å²) in [6.45, 7) is 5.94. The van der Waals surface area contributed by atoms with Crippen LogP contribution in [0, 0.1) is 13.8 Å². The highest BCUT2D eigenvalue weighted by Gasteiger charge is 2.22. The lowest BCUT2D eigenvalue weighted by Crippen LogP contribution is -2.40. The van der Waals surface area contributed by atoms with Crippen molar-refractivity contribution in [2.75, 3.05) is 26.7 Å². The van der Waals surface area contributed by atoms with Crippen LogP contribution < -0.4 is 10.1 Å². The fourth-order valence-electron chi connectivity index (χ4n) is 2.79. The van der Waals surface area contributed by atoms with Gasteiger partial charge in [-0.25, -0.2) is 0 Å². The van der Waals surface area contributed by atoms with E-state index in [1.54, 1.807) is 4.68 Å². The molecule has 0 aromatic carbocycles. The van der Waals surface area contributed by atoms with Crippen LogP contribution in [0.1, 0.15) is 30.7 Å². The predicted octanol–water partition coefficient (Wildman–Crippen LogP) is 1.02. The van der Waals surface area contributed by atoms with Gasteiger partial charge in [0.05, 0.1) is 5.69 Å². The lowest BCUT2D eigenvalue weighted by atomic mass is 10.1. The molecule has 2 heterocycles. The average molecular weight is 294 g/mol. The number of aryl methyl sites for hydroxylation is 2. The van der Waals surface area contributed by atoms with Crippen molar-refractivity contribution in [2.45, 2.75) is 39.2 Å². The van der Waals surface area contributed by atoms with Crippen molar-refractivity contribution in [1.82, 2.24) is 20.0 Å². The Kier molecular flexibility index (Phi) is 5.22. The van der Waals surface area contributed by atoms with Crippen LogP contribution in [-0.2, 0) is 11.8 Å². The zero-order valence-corrected chi connectivity index (χ0v) is 13.5. The summed E-state index contributed by atoms with van der Waals surface area (Å²) in [5.41, 5.74) is 1.77. The number of rotatable bonds is 4. The van der Waals surface area contributed by atoms with Crippen LogP contribution >= 0.6 is 0 Å². The van der Waals surface area contributed by atoms with Gasteiger partial charge in [-0.15, -0.1) is 0 Å².